The highest BCUT2D eigenvalue weighted by molar-refractivity contribution is 7.99. The molecule has 0 saturated carbocycles. The molecule has 1 unspecified atom stereocenters. The van der Waals surface area contributed by atoms with Gasteiger partial charge < -0.3 is 9.63 Å². The molecule has 0 amide bonds. The molecule has 2 aromatic heterocycles. The molecule has 1 saturated heterocycles. The van der Waals surface area contributed by atoms with Gasteiger partial charge in [-0.25, -0.2) is 0 Å². The maximum Gasteiger partial charge on any atom is 0.271 e. The molecule has 1 fully saturated rings. The Kier molecular flexibility index (Phi) is 3.27. The fourth-order valence-electron chi connectivity index (χ4n) is 1.88. The van der Waals surface area contributed by atoms with Gasteiger partial charge in [0.05, 0.1) is 6.04 Å². The molecule has 3 heterocycles. The van der Waals surface area contributed by atoms with E-state index < -0.39 is 0 Å². The lowest BCUT2D eigenvalue weighted by Gasteiger charge is -2.29. The monoisotopic (exact) mass is 283 g/mol. The SMILES string of the molecule is CN1CCSCC1c1noc(-c2sccc2O)n1. The minimum absolute atomic E-state index is 0.196. The number of hydrogen-bond donors (Lipinski definition) is 1. The predicted octanol–water partition coefficient (Wildman–Crippen LogP) is 2.22. The van der Waals surface area contributed by atoms with Crippen molar-refractivity contribution >= 4 is 23.1 Å². The highest BCUT2D eigenvalue weighted by Crippen LogP contribution is 2.34. The Morgan fingerprint density at radius 1 is 1.56 bits per heavy atom. The molecule has 0 radical (unpaired) electrons. The van der Waals surface area contributed by atoms with Crippen LogP contribution in [0.2, 0.25) is 0 Å². The van der Waals surface area contributed by atoms with Crippen molar-refractivity contribution in [3.63, 3.8) is 0 Å². The van der Waals surface area contributed by atoms with Crippen LogP contribution in [0, 0.1) is 0 Å². The maximum absolute atomic E-state index is 9.64. The number of thioether (sulfide) groups is 1. The van der Waals surface area contributed by atoms with E-state index in [1.54, 1.807) is 11.4 Å². The topological polar surface area (TPSA) is 62.4 Å². The zero-order chi connectivity index (χ0) is 12.5. The number of aromatic nitrogens is 2. The summed E-state index contributed by atoms with van der Waals surface area (Å²) in [6.45, 7) is 1.03. The molecule has 0 aliphatic carbocycles. The molecule has 2 aromatic rings. The first-order chi connectivity index (χ1) is 8.75. The molecule has 0 aromatic carbocycles. The highest BCUT2D eigenvalue weighted by atomic mass is 32.2. The predicted molar refractivity (Wildman–Crippen MR) is 72.0 cm³/mol. The van der Waals surface area contributed by atoms with Gasteiger partial charge in [-0.05, 0) is 18.5 Å². The van der Waals surface area contributed by atoms with Gasteiger partial charge in [-0.2, -0.15) is 16.7 Å². The molecule has 7 heteroatoms. The Balaban J connectivity index is 1.87. The lowest BCUT2D eigenvalue weighted by molar-refractivity contribution is 0.257. The van der Waals surface area contributed by atoms with Crippen LogP contribution in [-0.4, -0.2) is 45.2 Å². The average molecular weight is 283 g/mol. The van der Waals surface area contributed by atoms with E-state index in [9.17, 15) is 5.11 Å². The number of thiophene rings is 1. The molecule has 1 aliphatic rings. The maximum atomic E-state index is 9.64. The first kappa shape index (κ1) is 12.0. The van der Waals surface area contributed by atoms with Gasteiger partial charge in [-0.3, -0.25) is 4.90 Å². The number of hydrogen-bond acceptors (Lipinski definition) is 7. The molecular weight excluding hydrogens is 270 g/mol. The fourth-order valence-corrected chi connectivity index (χ4v) is 3.80. The van der Waals surface area contributed by atoms with E-state index in [0.717, 1.165) is 18.1 Å². The second kappa shape index (κ2) is 4.91. The summed E-state index contributed by atoms with van der Waals surface area (Å²) in [5.74, 6) is 3.42. The smallest absolute Gasteiger partial charge is 0.271 e. The van der Waals surface area contributed by atoms with Gasteiger partial charge >= 0.3 is 0 Å². The third kappa shape index (κ3) is 2.13. The van der Waals surface area contributed by atoms with Gasteiger partial charge in [0.1, 0.15) is 10.6 Å². The minimum Gasteiger partial charge on any atom is -0.506 e. The summed E-state index contributed by atoms with van der Waals surface area (Å²) in [6, 6.07) is 1.83. The molecular formula is C11H13N3O2S2. The summed E-state index contributed by atoms with van der Waals surface area (Å²) in [4.78, 5) is 7.28. The molecule has 0 spiro atoms. The molecule has 0 bridgehead atoms. The standard InChI is InChI=1S/C11H13N3O2S2/c1-14-3-5-17-6-7(14)10-12-11(16-13-10)9-8(15)2-4-18-9/h2,4,7,15H,3,5-6H2,1H3. The molecule has 1 aliphatic heterocycles. The number of nitrogens with zero attached hydrogens (tertiary/aromatic N) is 3. The summed E-state index contributed by atoms with van der Waals surface area (Å²) in [7, 11) is 2.07. The van der Waals surface area contributed by atoms with Crippen molar-refractivity contribution in [3.8, 4) is 16.5 Å². The van der Waals surface area contributed by atoms with Crippen LogP contribution < -0.4 is 0 Å². The van der Waals surface area contributed by atoms with Crippen molar-refractivity contribution < 1.29 is 9.63 Å². The Morgan fingerprint density at radius 2 is 2.44 bits per heavy atom. The van der Waals surface area contributed by atoms with Crippen LogP contribution in [0.25, 0.3) is 10.8 Å². The minimum atomic E-state index is 0.196. The van der Waals surface area contributed by atoms with Crippen LogP contribution in [-0.2, 0) is 0 Å². The van der Waals surface area contributed by atoms with Gasteiger partial charge in [0.25, 0.3) is 5.89 Å². The molecule has 5 nitrogen and oxygen atoms in total. The van der Waals surface area contributed by atoms with Crippen molar-refractivity contribution in [2.75, 3.05) is 25.1 Å². The van der Waals surface area contributed by atoms with Crippen LogP contribution >= 0.6 is 23.1 Å². The van der Waals surface area contributed by atoms with E-state index in [1.807, 2.05) is 11.8 Å². The van der Waals surface area contributed by atoms with Crippen molar-refractivity contribution in [2.45, 2.75) is 6.04 Å². The van der Waals surface area contributed by atoms with Gasteiger partial charge in [0.2, 0.25) is 0 Å². The summed E-state index contributed by atoms with van der Waals surface area (Å²) < 4.78 is 5.24. The zero-order valence-corrected chi connectivity index (χ0v) is 11.5. The van der Waals surface area contributed by atoms with E-state index in [0.29, 0.717) is 16.6 Å². The van der Waals surface area contributed by atoms with Crippen LogP contribution in [0.3, 0.4) is 0 Å². The van der Waals surface area contributed by atoms with Crippen LogP contribution in [0.1, 0.15) is 11.9 Å². The molecule has 18 heavy (non-hydrogen) atoms. The third-order valence-corrected chi connectivity index (χ3v) is 4.89. The number of aromatic hydroxyl groups is 1. The Bertz CT molecular complexity index is 540. The van der Waals surface area contributed by atoms with Crippen LogP contribution in [0.5, 0.6) is 5.75 Å². The molecule has 1 atom stereocenters. The zero-order valence-electron chi connectivity index (χ0n) is 9.87. The van der Waals surface area contributed by atoms with Gasteiger partial charge in [-0.15, -0.1) is 11.3 Å². The molecule has 1 N–H and O–H groups in total. The average Bonchev–Trinajstić information content (AvgIpc) is 2.98. The summed E-state index contributed by atoms with van der Waals surface area (Å²) in [5.41, 5.74) is 0. The fraction of sp³-hybridized carbons (Fsp3) is 0.455. The van der Waals surface area contributed by atoms with Crippen LogP contribution in [0.4, 0.5) is 0 Å². The quantitative estimate of drug-likeness (QED) is 0.912. The summed E-state index contributed by atoms with van der Waals surface area (Å²) in [6.07, 6.45) is 0. The Labute approximate surface area is 113 Å². The van der Waals surface area contributed by atoms with Crippen molar-refractivity contribution in [2.24, 2.45) is 0 Å². The highest BCUT2D eigenvalue weighted by Gasteiger charge is 2.26. The summed E-state index contributed by atoms with van der Waals surface area (Å²) in [5, 5.41) is 15.5. The number of rotatable bonds is 2. The van der Waals surface area contributed by atoms with Crippen molar-refractivity contribution in [3.05, 3.63) is 17.3 Å². The molecule has 96 valence electrons. The lowest BCUT2D eigenvalue weighted by atomic mass is 10.3. The van der Waals surface area contributed by atoms with Crippen molar-refractivity contribution in [1.29, 1.82) is 0 Å². The Morgan fingerprint density at radius 3 is 3.17 bits per heavy atom. The van der Waals surface area contributed by atoms with E-state index in [4.69, 9.17) is 4.52 Å². The lowest BCUT2D eigenvalue weighted by Crippen LogP contribution is -2.33. The Hall–Kier alpha value is -1.05. The van der Waals surface area contributed by atoms with E-state index >= 15 is 0 Å². The third-order valence-electron chi connectivity index (χ3n) is 2.97. The second-order valence-electron chi connectivity index (χ2n) is 4.16. The second-order valence-corrected chi connectivity index (χ2v) is 6.23. The molecule has 3 rings (SSSR count). The van der Waals surface area contributed by atoms with Crippen molar-refractivity contribution in [1.82, 2.24) is 15.0 Å². The first-order valence-corrected chi connectivity index (χ1v) is 7.67. The van der Waals surface area contributed by atoms with Gasteiger partial charge in [0, 0.05) is 18.1 Å². The van der Waals surface area contributed by atoms with E-state index in [-0.39, 0.29) is 11.8 Å². The van der Waals surface area contributed by atoms with E-state index in [1.165, 1.54) is 11.3 Å². The van der Waals surface area contributed by atoms with E-state index in [2.05, 4.69) is 22.1 Å². The largest absolute Gasteiger partial charge is 0.506 e. The van der Waals surface area contributed by atoms with Gasteiger partial charge in [0.15, 0.2) is 5.82 Å². The summed E-state index contributed by atoms with van der Waals surface area (Å²) >= 11 is 3.30. The van der Waals surface area contributed by atoms with Crippen LogP contribution in [0.15, 0.2) is 16.0 Å². The van der Waals surface area contributed by atoms with Gasteiger partial charge in [-0.1, -0.05) is 5.16 Å². The normalized spacial score (nSPS) is 21.3. The first-order valence-electron chi connectivity index (χ1n) is 5.64.